The van der Waals surface area contributed by atoms with Crippen LogP contribution in [0.15, 0.2) is 4.99 Å². The van der Waals surface area contributed by atoms with Crippen LogP contribution in [-0.4, -0.2) is 24.4 Å². The Morgan fingerprint density at radius 3 is 2.36 bits per heavy atom. The fourth-order valence-electron chi connectivity index (χ4n) is 0.691. The lowest BCUT2D eigenvalue weighted by molar-refractivity contribution is 0.386. The largest absolute Gasteiger partial charge is 0.483 e. The summed E-state index contributed by atoms with van der Waals surface area (Å²) in [6, 6.07) is 0.248. The van der Waals surface area contributed by atoms with Gasteiger partial charge in [-0.2, -0.15) is 0 Å². The molecule has 0 heterocycles. The molecule has 0 aliphatic carbocycles. The van der Waals surface area contributed by atoms with Crippen LogP contribution in [0.1, 0.15) is 27.2 Å². The van der Waals surface area contributed by atoms with E-state index in [2.05, 4.69) is 4.99 Å². The summed E-state index contributed by atoms with van der Waals surface area (Å²) < 4.78 is 5.03. The van der Waals surface area contributed by atoms with Crippen molar-refractivity contribution in [3.05, 3.63) is 0 Å². The normalized spacial score (nSPS) is 15.3. The Bertz CT molecular complexity index is 134. The third-order valence-electron chi connectivity index (χ3n) is 1.22. The van der Waals surface area contributed by atoms with Gasteiger partial charge in [0.25, 0.3) is 0 Å². The minimum atomic E-state index is -0.0811. The van der Waals surface area contributed by atoms with E-state index >= 15 is 0 Å². The first kappa shape index (κ1) is 10.8. The van der Waals surface area contributed by atoms with Crippen LogP contribution in [0, 0.1) is 0 Å². The number of rotatable bonds is 3. The second-order valence-corrected chi connectivity index (χ2v) is 3.17. The SMILES string of the molecule is CCC(Cl)C(=NC(C)C)OC. The van der Waals surface area contributed by atoms with Crippen LogP contribution in [0.4, 0.5) is 0 Å². The second-order valence-electron chi connectivity index (χ2n) is 2.64. The Kier molecular flexibility index (Phi) is 5.30. The maximum atomic E-state index is 5.92. The van der Waals surface area contributed by atoms with Crippen molar-refractivity contribution in [2.24, 2.45) is 4.99 Å². The molecule has 0 aromatic heterocycles. The molecule has 0 aromatic carbocycles. The first-order valence-electron chi connectivity index (χ1n) is 3.87. The van der Waals surface area contributed by atoms with Crippen LogP contribution in [-0.2, 0) is 4.74 Å². The van der Waals surface area contributed by atoms with Crippen molar-refractivity contribution in [2.75, 3.05) is 7.11 Å². The zero-order valence-corrected chi connectivity index (χ0v) is 8.35. The number of hydrogen-bond acceptors (Lipinski definition) is 2. The lowest BCUT2D eigenvalue weighted by atomic mass is 10.3. The van der Waals surface area contributed by atoms with E-state index in [0.29, 0.717) is 5.90 Å². The Morgan fingerprint density at radius 1 is 1.55 bits per heavy atom. The van der Waals surface area contributed by atoms with Crippen LogP contribution in [0.2, 0.25) is 0 Å². The summed E-state index contributed by atoms with van der Waals surface area (Å²) in [7, 11) is 1.60. The van der Waals surface area contributed by atoms with Gasteiger partial charge in [-0.15, -0.1) is 11.6 Å². The molecule has 0 saturated heterocycles. The second kappa shape index (κ2) is 5.42. The fraction of sp³-hybridized carbons (Fsp3) is 0.875. The smallest absolute Gasteiger partial charge is 0.201 e. The van der Waals surface area contributed by atoms with Gasteiger partial charge < -0.3 is 4.74 Å². The molecule has 0 saturated carbocycles. The average Bonchev–Trinajstić information content (AvgIpc) is 1.98. The van der Waals surface area contributed by atoms with Crippen molar-refractivity contribution in [1.29, 1.82) is 0 Å². The van der Waals surface area contributed by atoms with E-state index in [-0.39, 0.29) is 11.4 Å². The van der Waals surface area contributed by atoms with Crippen molar-refractivity contribution < 1.29 is 4.74 Å². The molecule has 1 unspecified atom stereocenters. The molecule has 0 amide bonds. The van der Waals surface area contributed by atoms with Gasteiger partial charge in [-0.25, -0.2) is 0 Å². The Balaban J connectivity index is 4.14. The summed E-state index contributed by atoms with van der Waals surface area (Å²) in [4.78, 5) is 4.23. The van der Waals surface area contributed by atoms with Crippen LogP contribution >= 0.6 is 11.6 Å². The lowest BCUT2D eigenvalue weighted by Gasteiger charge is -2.10. The standard InChI is InChI=1S/C8H16ClNO/c1-5-7(9)8(11-4)10-6(2)3/h6-7H,5H2,1-4H3. The van der Waals surface area contributed by atoms with Gasteiger partial charge in [0.15, 0.2) is 0 Å². The highest BCUT2D eigenvalue weighted by atomic mass is 35.5. The Hall–Kier alpha value is -0.240. The predicted octanol–water partition coefficient (Wildman–Crippen LogP) is 2.46. The molecule has 0 fully saturated rings. The molecular weight excluding hydrogens is 162 g/mol. The monoisotopic (exact) mass is 177 g/mol. The summed E-state index contributed by atoms with van der Waals surface area (Å²) in [5.74, 6) is 0.643. The fourth-order valence-corrected chi connectivity index (χ4v) is 0.836. The van der Waals surface area contributed by atoms with Gasteiger partial charge in [0, 0.05) is 6.04 Å². The molecule has 0 radical (unpaired) electrons. The van der Waals surface area contributed by atoms with Crippen LogP contribution in [0.5, 0.6) is 0 Å². The van der Waals surface area contributed by atoms with Gasteiger partial charge in [-0.05, 0) is 20.3 Å². The molecule has 0 spiro atoms. The molecule has 0 rings (SSSR count). The summed E-state index contributed by atoms with van der Waals surface area (Å²) >= 11 is 5.92. The van der Waals surface area contributed by atoms with E-state index in [1.165, 1.54) is 0 Å². The van der Waals surface area contributed by atoms with E-state index < -0.39 is 0 Å². The number of nitrogens with zero attached hydrogens (tertiary/aromatic N) is 1. The Labute approximate surface area is 73.6 Å². The van der Waals surface area contributed by atoms with E-state index in [4.69, 9.17) is 16.3 Å². The molecular formula is C8H16ClNO. The van der Waals surface area contributed by atoms with E-state index in [0.717, 1.165) is 6.42 Å². The van der Waals surface area contributed by atoms with Gasteiger partial charge in [-0.3, -0.25) is 4.99 Å². The van der Waals surface area contributed by atoms with Crippen molar-refractivity contribution in [1.82, 2.24) is 0 Å². The lowest BCUT2D eigenvalue weighted by Crippen LogP contribution is -2.17. The van der Waals surface area contributed by atoms with Crippen molar-refractivity contribution in [3.8, 4) is 0 Å². The maximum Gasteiger partial charge on any atom is 0.201 e. The first-order valence-corrected chi connectivity index (χ1v) is 4.31. The predicted molar refractivity (Wildman–Crippen MR) is 49.5 cm³/mol. The van der Waals surface area contributed by atoms with Crippen molar-refractivity contribution >= 4 is 17.5 Å². The van der Waals surface area contributed by atoms with Gasteiger partial charge in [0.2, 0.25) is 5.90 Å². The summed E-state index contributed by atoms with van der Waals surface area (Å²) in [5.41, 5.74) is 0. The van der Waals surface area contributed by atoms with Crippen LogP contribution in [0.25, 0.3) is 0 Å². The minimum Gasteiger partial charge on any atom is -0.483 e. The molecule has 0 aliphatic heterocycles. The highest BCUT2D eigenvalue weighted by Gasteiger charge is 2.10. The quantitative estimate of drug-likeness (QED) is 0.369. The van der Waals surface area contributed by atoms with E-state index in [1.807, 2.05) is 20.8 Å². The van der Waals surface area contributed by atoms with E-state index in [1.54, 1.807) is 7.11 Å². The number of aliphatic imine (C=N–C) groups is 1. The molecule has 0 bridgehead atoms. The van der Waals surface area contributed by atoms with Crippen LogP contribution < -0.4 is 0 Å². The number of alkyl halides is 1. The molecule has 0 aliphatic rings. The molecule has 0 aromatic rings. The topological polar surface area (TPSA) is 21.6 Å². The van der Waals surface area contributed by atoms with Gasteiger partial charge in [0.1, 0.15) is 5.38 Å². The zero-order valence-electron chi connectivity index (χ0n) is 7.60. The van der Waals surface area contributed by atoms with Crippen molar-refractivity contribution in [3.63, 3.8) is 0 Å². The maximum absolute atomic E-state index is 5.92. The first-order chi connectivity index (χ1) is 5.11. The zero-order chi connectivity index (χ0) is 8.85. The summed E-state index contributed by atoms with van der Waals surface area (Å²) in [5, 5.41) is -0.0811. The molecule has 2 nitrogen and oxygen atoms in total. The van der Waals surface area contributed by atoms with E-state index in [9.17, 15) is 0 Å². The van der Waals surface area contributed by atoms with Crippen molar-refractivity contribution in [2.45, 2.75) is 38.6 Å². The van der Waals surface area contributed by atoms with Crippen LogP contribution in [0.3, 0.4) is 0 Å². The van der Waals surface area contributed by atoms with Gasteiger partial charge in [0.05, 0.1) is 7.11 Å². The number of halogens is 1. The molecule has 0 N–H and O–H groups in total. The third-order valence-corrected chi connectivity index (χ3v) is 1.72. The molecule has 3 heteroatoms. The molecule has 11 heavy (non-hydrogen) atoms. The summed E-state index contributed by atoms with van der Waals surface area (Å²) in [6.45, 7) is 6.00. The third kappa shape index (κ3) is 4.25. The van der Waals surface area contributed by atoms with Gasteiger partial charge >= 0.3 is 0 Å². The molecule has 1 atom stereocenters. The Morgan fingerprint density at radius 2 is 2.09 bits per heavy atom. The van der Waals surface area contributed by atoms with Gasteiger partial charge in [-0.1, -0.05) is 6.92 Å². The average molecular weight is 178 g/mol. The highest BCUT2D eigenvalue weighted by Crippen LogP contribution is 2.06. The minimum absolute atomic E-state index is 0.0811. The highest BCUT2D eigenvalue weighted by molar-refractivity contribution is 6.30. The number of ether oxygens (including phenoxy) is 1. The number of methoxy groups -OCH3 is 1. The number of hydrogen-bond donors (Lipinski definition) is 0. The molecule has 66 valence electrons. The summed E-state index contributed by atoms with van der Waals surface area (Å²) in [6.07, 6.45) is 0.848.